The van der Waals surface area contributed by atoms with Crippen LogP contribution in [0.5, 0.6) is 0 Å². The van der Waals surface area contributed by atoms with Crippen molar-refractivity contribution in [1.82, 2.24) is 9.97 Å². The van der Waals surface area contributed by atoms with E-state index in [9.17, 15) is 9.59 Å². The molecular formula is C30H28N4O2. The highest BCUT2D eigenvalue weighted by molar-refractivity contribution is 6.00. The van der Waals surface area contributed by atoms with E-state index in [-0.39, 0.29) is 24.5 Å². The summed E-state index contributed by atoms with van der Waals surface area (Å²) in [5.74, 6) is 0.518. The number of amides is 1. The van der Waals surface area contributed by atoms with Gasteiger partial charge in [0.25, 0.3) is 0 Å². The quantitative estimate of drug-likeness (QED) is 0.289. The Labute approximate surface area is 210 Å². The molecule has 0 saturated carbocycles. The minimum absolute atomic E-state index is 0.0118. The number of anilines is 3. The van der Waals surface area contributed by atoms with Crippen molar-refractivity contribution >= 4 is 28.9 Å². The first kappa shape index (κ1) is 23.4. The van der Waals surface area contributed by atoms with Crippen molar-refractivity contribution in [1.29, 1.82) is 0 Å². The number of carbonyl (C=O) groups is 2. The summed E-state index contributed by atoms with van der Waals surface area (Å²) in [5, 5.41) is 6.14. The lowest BCUT2D eigenvalue weighted by Crippen LogP contribution is -2.14. The molecule has 0 aliphatic heterocycles. The molecule has 6 heteroatoms. The second kappa shape index (κ2) is 11.0. The zero-order chi connectivity index (χ0) is 24.7. The predicted octanol–water partition coefficient (Wildman–Crippen LogP) is 6.37. The van der Waals surface area contributed by atoms with E-state index >= 15 is 0 Å². The smallest absolute Gasteiger partial charge is 0.224 e. The second-order valence-corrected chi connectivity index (χ2v) is 9.02. The van der Waals surface area contributed by atoms with Crippen molar-refractivity contribution in [3.63, 3.8) is 0 Å². The summed E-state index contributed by atoms with van der Waals surface area (Å²) in [6.07, 6.45) is 6.40. The molecule has 1 aliphatic carbocycles. The van der Waals surface area contributed by atoms with Gasteiger partial charge in [-0.25, -0.2) is 9.97 Å². The van der Waals surface area contributed by atoms with Gasteiger partial charge in [-0.05, 0) is 67.1 Å². The fourth-order valence-electron chi connectivity index (χ4n) is 4.48. The molecule has 4 aromatic rings. The van der Waals surface area contributed by atoms with Gasteiger partial charge in [0.1, 0.15) is 12.1 Å². The second-order valence-electron chi connectivity index (χ2n) is 9.02. The molecule has 0 spiro atoms. The monoisotopic (exact) mass is 476 g/mol. The molecule has 36 heavy (non-hydrogen) atoms. The predicted molar refractivity (Wildman–Crippen MR) is 142 cm³/mol. The molecule has 2 N–H and O–H groups in total. The average molecular weight is 477 g/mol. The number of Topliss-reactive ketones (excluding diaryl/α,β-unsaturated/α-hetero) is 1. The number of fused-ring (bicyclic) bond motifs is 1. The highest BCUT2D eigenvalue weighted by Crippen LogP contribution is 2.24. The zero-order valence-electron chi connectivity index (χ0n) is 20.0. The molecule has 0 radical (unpaired) electrons. The van der Waals surface area contributed by atoms with Crippen molar-refractivity contribution in [3.8, 4) is 11.3 Å². The van der Waals surface area contributed by atoms with E-state index in [1.807, 2.05) is 72.8 Å². The van der Waals surface area contributed by atoms with Crippen LogP contribution in [0.1, 0.15) is 47.2 Å². The van der Waals surface area contributed by atoms with Gasteiger partial charge in [-0.15, -0.1) is 0 Å². The third-order valence-corrected chi connectivity index (χ3v) is 6.43. The molecule has 0 saturated heterocycles. The lowest BCUT2D eigenvalue weighted by atomic mass is 9.89. The topological polar surface area (TPSA) is 84.0 Å². The molecule has 0 atom stereocenters. The first-order valence-corrected chi connectivity index (χ1v) is 12.3. The van der Waals surface area contributed by atoms with E-state index < -0.39 is 0 Å². The molecule has 6 nitrogen and oxygen atoms in total. The summed E-state index contributed by atoms with van der Waals surface area (Å²) < 4.78 is 0. The van der Waals surface area contributed by atoms with Gasteiger partial charge >= 0.3 is 0 Å². The number of hydrogen-bond acceptors (Lipinski definition) is 5. The lowest BCUT2D eigenvalue weighted by Gasteiger charge is -2.16. The number of carbonyl (C=O) groups excluding carboxylic acids is 2. The van der Waals surface area contributed by atoms with E-state index in [1.165, 1.54) is 30.3 Å². The van der Waals surface area contributed by atoms with Gasteiger partial charge in [0.15, 0.2) is 5.78 Å². The molecule has 3 aromatic carbocycles. The van der Waals surface area contributed by atoms with E-state index in [0.717, 1.165) is 29.8 Å². The van der Waals surface area contributed by atoms with Crippen LogP contribution in [0.2, 0.25) is 0 Å². The van der Waals surface area contributed by atoms with Crippen LogP contribution < -0.4 is 10.6 Å². The number of benzene rings is 3. The van der Waals surface area contributed by atoms with Crippen LogP contribution in [0.3, 0.4) is 0 Å². The van der Waals surface area contributed by atoms with Gasteiger partial charge in [-0.3, -0.25) is 9.59 Å². The van der Waals surface area contributed by atoms with Gasteiger partial charge in [0.2, 0.25) is 5.91 Å². The van der Waals surface area contributed by atoms with Crippen LogP contribution in [0.15, 0.2) is 85.2 Å². The Balaban J connectivity index is 1.13. The largest absolute Gasteiger partial charge is 0.340 e. The Hall–Kier alpha value is -4.32. The molecule has 1 heterocycles. The molecule has 0 fully saturated rings. The number of ketones is 1. The molecule has 0 unspecified atom stereocenters. The van der Waals surface area contributed by atoms with E-state index in [1.54, 1.807) is 0 Å². The van der Waals surface area contributed by atoms with Crippen LogP contribution in [-0.4, -0.2) is 21.7 Å². The lowest BCUT2D eigenvalue weighted by molar-refractivity contribution is -0.116. The van der Waals surface area contributed by atoms with Crippen LogP contribution in [0.4, 0.5) is 17.2 Å². The minimum atomic E-state index is -0.176. The highest BCUT2D eigenvalue weighted by Gasteiger charge is 2.14. The van der Waals surface area contributed by atoms with Crippen molar-refractivity contribution in [2.24, 2.45) is 0 Å². The molecule has 5 rings (SSSR count). The van der Waals surface area contributed by atoms with Crippen LogP contribution >= 0.6 is 0 Å². The highest BCUT2D eigenvalue weighted by atomic mass is 16.2. The van der Waals surface area contributed by atoms with Crippen LogP contribution in [-0.2, 0) is 17.6 Å². The Morgan fingerprint density at radius 2 is 1.50 bits per heavy atom. The van der Waals surface area contributed by atoms with Crippen molar-refractivity contribution in [3.05, 3.63) is 102 Å². The maximum absolute atomic E-state index is 12.6. The van der Waals surface area contributed by atoms with E-state index in [0.29, 0.717) is 17.1 Å². The first-order valence-electron chi connectivity index (χ1n) is 12.3. The fraction of sp³-hybridized carbons (Fsp3) is 0.200. The Morgan fingerprint density at radius 3 is 2.31 bits per heavy atom. The number of aromatic nitrogens is 2. The molecule has 1 aromatic heterocycles. The maximum atomic E-state index is 12.6. The standard InChI is InChI=1S/C30H28N4O2/c35-28(24-11-10-21-6-4-5-9-23(21)18-24)16-17-30(36)34-26-14-12-25(13-15-26)33-29-19-27(31-20-32-29)22-7-2-1-3-8-22/h1-3,7-8,10-15,18-20H,4-6,9,16-17H2,(H,34,36)(H,31,32,33). The maximum Gasteiger partial charge on any atom is 0.224 e. The summed E-state index contributed by atoms with van der Waals surface area (Å²) in [6.45, 7) is 0. The van der Waals surface area contributed by atoms with Crippen LogP contribution in [0, 0.1) is 0 Å². The van der Waals surface area contributed by atoms with Gasteiger partial charge in [0, 0.05) is 41.4 Å². The molecule has 1 amide bonds. The SMILES string of the molecule is O=C(CCC(=O)c1ccc2c(c1)CCCC2)Nc1ccc(Nc2cc(-c3ccccc3)ncn2)cc1. The minimum Gasteiger partial charge on any atom is -0.340 e. The van der Waals surface area contributed by atoms with Gasteiger partial charge in [0.05, 0.1) is 5.69 Å². The Morgan fingerprint density at radius 1 is 0.750 bits per heavy atom. The van der Waals surface area contributed by atoms with E-state index in [4.69, 9.17) is 0 Å². The number of rotatable bonds is 8. The molecular weight excluding hydrogens is 448 g/mol. The number of nitrogens with zero attached hydrogens (tertiary/aromatic N) is 2. The van der Waals surface area contributed by atoms with Gasteiger partial charge in [-0.2, -0.15) is 0 Å². The summed E-state index contributed by atoms with van der Waals surface area (Å²) >= 11 is 0. The summed E-state index contributed by atoms with van der Waals surface area (Å²) in [7, 11) is 0. The summed E-state index contributed by atoms with van der Waals surface area (Å²) in [4.78, 5) is 33.7. The number of aryl methyl sites for hydroxylation is 2. The van der Waals surface area contributed by atoms with Gasteiger partial charge < -0.3 is 10.6 Å². The number of hydrogen-bond donors (Lipinski definition) is 2. The Kier molecular flexibility index (Phi) is 7.12. The molecule has 1 aliphatic rings. The number of nitrogens with one attached hydrogen (secondary N) is 2. The van der Waals surface area contributed by atoms with Crippen molar-refractivity contribution in [2.75, 3.05) is 10.6 Å². The first-order chi connectivity index (χ1) is 17.6. The Bertz CT molecular complexity index is 1370. The van der Waals surface area contributed by atoms with Crippen molar-refractivity contribution < 1.29 is 9.59 Å². The zero-order valence-corrected chi connectivity index (χ0v) is 20.0. The normalized spacial score (nSPS) is 12.4. The molecule has 180 valence electrons. The average Bonchev–Trinajstić information content (AvgIpc) is 2.93. The van der Waals surface area contributed by atoms with Crippen LogP contribution in [0.25, 0.3) is 11.3 Å². The summed E-state index contributed by atoms with van der Waals surface area (Å²) in [5.41, 5.74) is 6.72. The van der Waals surface area contributed by atoms with Crippen molar-refractivity contribution in [2.45, 2.75) is 38.5 Å². The van der Waals surface area contributed by atoms with Gasteiger partial charge in [-0.1, -0.05) is 42.5 Å². The summed E-state index contributed by atoms with van der Waals surface area (Å²) in [6, 6.07) is 25.2. The van der Waals surface area contributed by atoms with E-state index in [2.05, 4.69) is 26.7 Å². The molecule has 0 bridgehead atoms. The fourth-order valence-corrected chi connectivity index (χ4v) is 4.48. The third kappa shape index (κ3) is 5.84. The third-order valence-electron chi connectivity index (χ3n) is 6.43.